The van der Waals surface area contributed by atoms with Gasteiger partial charge in [0, 0.05) is 24.7 Å². The van der Waals surface area contributed by atoms with Crippen molar-refractivity contribution in [1.82, 2.24) is 5.16 Å². The molecular weight excluding hydrogens is 566 g/mol. The average Bonchev–Trinajstić information content (AvgIpc) is 3.41. The van der Waals surface area contributed by atoms with Crippen LogP contribution in [0.25, 0.3) is 0 Å². The fourth-order valence-corrected chi connectivity index (χ4v) is 10.7. The third-order valence-corrected chi connectivity index (χ3v) is 12.9. The number of aryl methyl sites for hydroxylation is 1. The van der Waals surface area contributed by atoms with Gasteiger partial charge in [-0.2, -0.15) is 0 Å². The highest BCUT2D eigenvalue weighted by molar-refractivity contribution is 6.99. The molecule has 0 N–H and O–H groups in total. The van der Waals surface area contributed by atoms with Gasteiger partial charge in [0.15, 0.2) is 17.3 Å². The van der Waals surface area contributed by atoms with Gasteiger partial charge in [-0.25, -0.2) is 8.78 Å². The van der Waals surface area contributed by atoms with Crippen molar-refractivity contribution in [2.45, 2.75) is 65.4 Å². The van der Waals surface area contributed by atoms with Crippen molar-refractivity contribution in [2.75, 3.05) is 18.0 Å². The summed E-state index contributed by atoms with van der Waals surface area (Å²) in [5, 5.41) is 5.53. The molecule has 2 atom stereocenters. The monoisotopic (exact) mass is 604 g/mol. The van der Waals surface area contributed by atoms with E-state index in [1.54, 1.807) is 11.8 Å². The minimum absolute atomic E-state index is 0.0436. The summed E-state index contributed by atoms with van der Waals surface area (Å²) in [6.45, 7) is 12.6. The van der Waals surface area contributed by atoms with Crippen LogP contribution in [-0.4, -0.2) is 44.6 Å². The molecule has 5 rings (SSSR count). The van der Waals surface area contributed by atoms with E-state index in [2.05, 4.69) is 50.2 Å². The van der Waals surface area contributed by atoms with Crippen molar-refractivity contribution in [2.24, 2.45) is 0 Å². The quantitative estimate of drug-likeness (QED) is 0.177. The first kappa shape index (κ1) is 30.8. The average molecular weight is 605 g/mol. The summed E-state index contributed by atoms with van der Waals surface area (Å²) < 4.78 is 50.1. The number of anilines is 1. The molecule has 0 aliphatic carbocycles. The van der Waals surface area contributed by atoms with Crippen LogP contribution in [0.5, 0.6) is 0 Å². The maximum absolute atomic E-state index is 16.2. The maximum atomic E-state index is 16.2. The number of hydrogen-bond acceptors (Lipinski definition) is 6. The van der Waals surface area contributed by atoms with Crippen LogP contribution in [-0.2, 0) is 15.8 Å². The number of ketones is 1. The molecule has 0 spiro atoms. The fourth-order valence-electron chi connectivity index (χ4n) is 6.21. The highest BCUT2D eigenvalue weighted by Crippen LogP contribution is 2.39. The van der Waals surface area contributed by atoms with Crippen LogP contribution < -0.4 is 15.3 Å². The zero-order valence-electron chi connectivity index (χ0n) is 25.5. The summed E-state index contributed by atoms with van der Waals surface area (Å²) in [4.78, 5) is 15.2. The summed E-state index contributed by atoms with van der Waals surface area (Å²) in [7, 11) is -3.04. The lowest BCUT2D eigenvalue weighted by atomic mass is 10.0. The predicted octanol–water partition coefficient (Wildman–Crippen LogP) is 6.18. The van der Waals surface area contributed by atoms with Gasteiger partial charge in [0.1, 0.15) is 5.76 Å². The number of carbonyl (C=O) groups excluding carboxylic acids is 1. The van der Waals surface area contributed by atoms with E-state index >= 15 is 8.78 Å². The number of hydrogen-bond donors (Lipinski definition) is 0. The highest BCUT2D eigenvalue weighted by atomic mass is 28.4. The summed E-state index contributed by atoms with van der Waals surface area (Å²) in [6, 6.07) is 23.0. The molecule has 0 amide bonds. The molecule has 9 heteroatoms. The molecule has 1 saturated heterocycles. The number of carbonyl (C=O) groups is 1. The second-order valence-electron chi connectivity index (χ2n) is 12.3. The molecule has 0 unspecified atom stereocenters. The molecule has 226 valence electrons. The first-order valence-electron chi connectivity index (χ1n) is 14.6. The molecule has 3 aromatic carbocycles. The SMILES string of the molecule is Cc1cc(C(=O)c2cc(CO[Si](c3ccccc3)(c3ccccc3)C(C)(C)C)c(N3C[C@@H](C)O[C@@H](C)C3)c(F)c2F)no1. The molecule has 1 fully saturated rings. The molecule has 0 saturated carbocycles. The number of nitrogens with zero attached hydrogens (tertiary/aromatic N) is 2. The van der Waals surface area contributed by atoms with E-state index in [4.69, 9.17) is 13.7 Å². The van der Waals surface area contributed by atoms with Gasteiger partial charge >= 0.3 is 0 Å². The molecular formula is C34H38F2N2O4Si. The van der Waals surface area contributed by atoms with Crippen LogP contribution in [0.1, 0.15) is 62.0 Å². The third-order valence-electron chi connectivity index (χ3n) is 7.96. The van der Waals surface area contributed by atoms with Crippen LogP contribution in [0.15, 0.2) is 77.3 Å². The van der Waals surface area contributed by atoms with Crippen molar-refractivity contribution in [1.29, 1.82) is 0 Å². The van der Waals surface area contributed by atoms with Gasteiger partial charge in [0.2, 0.25) is 5.78 Å². The number of morpholine rings is 1. The van der Waals surface area contributed by atoms with Gasteiger partial charge in [-0.3, -0.25) is 4.79 Å². The Hall–Kier alpha value is -3.66. The second kappa shape index (κ2) is 12.1. The Morgan fingerprint density at radius 3 is 2.00 bits per heavy atom. The number of ether oxygens (including phenoxy) is 1. The van der Waals surface area contributed by atoms with E-state index in [1.165, 1.54) is 12.1 Å². The molecule has 43 heavy (non-hydrogen) atoms. The van der Waals surface area contributed by atoms with Crippen LogP contribution in [0.4, 0.5) is 14.5 Å². The molecule has 2 heterocycles. The van der Waals surface area contributed by atoms with E-state index in [-0.39, 0.29) is 35.2 Å². The predicted molar refractivity (Wildman–Crippen MR) is 166 cm³/mol. The van der Waals surface area contributed by atoms with E-state index in [0.717, 1.165) is 10.4 Å². The van der Waals surface area contributed by atoms with E-state index in [0.29, 0.717) is 24.4 Å². The molecule has 1 aliphatic heterocycles. The summed E-state index contributed by atoms with van der Waals surface area (Å²) in [5.74, 6) is -2.67. The molecule has 0 radical (unpaired) electrons. The highest BCUT2D eigenvalue weighted by Gasteiger charge is 2.50. The second-order valence-corrected chi connectivity index (χ2v) is 16.6. The Bertz CT molecular complexity index is 1540. The molecule has 0 bridgehead atoms. The standard InChI is InChI=1S/C34H38F2N2O4Si/c1-22-17-29(37-42-22)33(39)28-18-25(32(31(36)30(28)35)38-19-23(2)41-24(3)20-38)21-40-43(34(4,5)6,26-13-9-7-10-14-26)27-15-11-8-12-16-27/h7-18,23-24H,19-21H2,1-6H3/t23-,24+. The van der Waals surface area contributed by atoms with Crippen LogP contribution >= 0.6 is 0 Å². The van der Waals surface area contributed by atoms with Crippen LogP contribution in [0.3, 0.4) is 0 Å². The van der Waals surface area contributed by atoms with Crippen LogP contribution in [0, 0.1) is 18.6 Å². The first-order chi connectivity index (χ1) is 20.4. The molecule has 6 nitrogen and oxygen atoms in total. The van der Waals surface area contributed by atoms with E-state index < -0.39 is 31.3 Å². The lowest BCUT2D eigenvalue weighted by molar-refractivity contribution is -0.00553. The summed E-state index contributed by atoms with van der Waals surface area (Å²) in [5.41, 5.74) is -0.0250. The smallest absolute Gasteiger partial charge is 0.261 e. The molecule has 1 aromatic heterocycles. The zero-order valence-corrected chi connectivity index (χ0v) is 26.5. The zero-order chi connectivity index (χ0) is 30.9. The van der Waals surface area contributed by atoms with Crippen LogP contribution in [0.2, 0.25) is 5.04 Å². The Labute approximate surface area is 252 Å². The van der Waals surface area contributed by atoms with E-state index in [9.17, 15) is 4.79 Å². The summed E-state index contributed by atoms with van der Waals surface area (Å²) >= 11 is 0. The third kappa shape index (κ3) is 5.94. The number of aromatic nitrogens is 1. The van der Waals surface area contributed by atoms with Gasteiger partial charge in [0.25, 0.3) is 8.32 Å². The Balaban J connectivity index is 1.68. The Morgan fingerprint density at radius 2 is 1.51 bits per heavy atom. The molecule has 1 aliphatic rings. The van der Waals surface area contributed by atoms with Crippen molar-refractivity contribution in [3.05, 3.63) is 107 Å². The fraction of sp³-hybridized carbons (Fsp3) is 0.353. The van der Waals surface area contributed by atoms with Crippen molar-refractivity contribution >= 4 is 30.2 Å². The number of rotatable bonds is 8. The lowest BCUT2D eigenvalue weighted by Crippen LogP contribution is -2.66. The number of halogens is 2. The van der Waals surface area contributed by atoms with Crippen molar-refractivity contribution in [3.8, 4) is 0 Å². The minimum atomic E-state index is -3.04. The largest absolute Gasteiger partial charge is 0.403 e. The Morgan fingerprint density at radius 1 is 0.953 bits per heavy atom. The first-order valence-corrected chi connectivity index (χ1v) is 16.5. The maximum Gasteiger partial charge on any atom is 0.261 e. The lowest BCUT2D eigenvalue weighted by Gasteiger charge is -2.43. The Kier molecular flexibility index (Phi) is 8.69. The van der Waals surface area contributed by atoms with Gasteiger partial charge in [-0.05, 0) is 42.2 Å². The normalized spacial score (nSPS) is 17.7. The van der Waals surface area contributed by atoms with Gasteiger partial charge in [-0.15, -0.1) is 0 Å². The summed E-state index contributed by atoms with van der Waals surface area (Å²) in [6.07, 6.45) is -0.396. The van der Waals surface area contributed by atoms with Crippen molar-refractivity contribution in [3.63, 3.8) is 0 Å². The number of benzene rings is 3. The van der Waals surface area contributed by atoms with E-state index in [1.807, 2.05) is 50.2 Å². The topological polar surface area (TPSA) is 64.8 Å². The van der Waals surface area contributed by atoms with Gasteiger partial charge in [-0.1, -0.05) is 86.6 Å². The molecule has 4 aromatic rings. The minimum Gasteiger partial charge on any atom is -0.403 e. The van der Waals surface area contributed by atoms with Gasteiger partial charge in [0.05, 0.1) is 30.1 Å². The van der Waals surface area contributed by atoms with Crippen molar-refractivity contribution < 1.29 is 27.3 Å². The van der Waals surface area contributed by atoms with Gasteiger partial charge < -0.3 is 18.6 Å².